The number of non-ortho nitro benzene ring substituents is 1. The number of carbonyl (C=O) groups is 1. The summed E-state index contributed by atoms with van der Waals surface area (Å²) >= 11 is 7.27. The SMILES string of the molecule is CCCCCCn1c(SC(C)C(=O)Nc2cc([N+](=O)[O-])ccc2Cl)nc2ccccc2c1=O. The number of para-hydroxylation sites is 1. The van der Waals surface area contributed by atoms with E-state index in [1.807, 2.05) is 6.07 Å². The van der Waals surface area contributed by atoms with E-state index in [4.69, 9.17) is 11.6 Å². The van der Waals surface area contributed by atoms with Crippen molar-refractivity contribution in [3.8, 4) is 0 Å². The number of anilines is 1. The summed E-state index contributed by atoms with van der Waals surface area (Å²) in [6.45, 7) is 4.33. The number of hydrogen-bond donors (Lipinski definition) is 1. The molecule has 33 heavy (non-hydrogen) atoms. The lowest BCUT2D eigenvalue weighted by Crippen LogP contribution is -2.27. The predicted octanol–water partition coefficient (Wildman–Crippen LogP) is 5.66. The van der Waals surface area contributed by atoms with Gasteiger partial charge in [-0.05, 0) is 31.5 Å². The minimum Gasteiger partial charge on any atom is -0.324 e. The highest BCUT2D eigenvalue weighted by molar-refractivity contribution is 8.00. The van der Waals surface area contributed by atoms with Gasteiger partial charge in [0.2, 0.25) is 5.91 Å². The fourth-order valence-electron chi connectivity index (χ4n) is 3.30. The molecule has 0 radical (unpaired) electrons. The molecular formula is C23H25ClN4O4S. The topological polar surface area (TPSA) is 107 Å². The van der Waals surface area contributed by atoms with E-state index in [2.05, 4.69) is 17.2 Å². The lowest BCUT2D eigenvalue weighted by molar-refractivity contribution is -0.384. The van der Waals surface area contributed by atoms with Crippen LogP contribution in [0.15, 0.2) is 52.4 Å². The van der Waals surface area contributed by atoms with Crippen LogP contribution in [0.4, 0.5) is 11.4 Å². The van der Waals surface area contributed by atoms with Crippen LogP contribution in [-0.2, 0) is 11.3 Å². The summed E-state index contributed by atoms with van der Waals surface area (Å²) in [6, 6.07) is 11.0. The summed E-state index contributed by atoms with van der Waals surface area (Å²) in [7, 11) is 0. The first kappa shape index (κ1) is 24.7. The van der Waals surface area contributed by atoms with E-state index in [-0.39, 0.29) is 22.0 Å². The molecule has 3 rings (SSSR count). The number of fused-ring (bicyclic) bond motifs is 1. The molecule has 1 N–H and O–H groups in total. The summed E-state index contributed by atoms with van der Waals surface area (Å²) in [4.78, 5) is 41.1. The van der Waals surface area contributed by atoms with Gasteiger partial charge >= 0.3 is 0 Å². The second-order valence-electron chi connectivity index (χ2n) is 7.60. The van der Waals surface area contributed by atoms with Crippen LogP contribution < -0.4 is 10.9 Å². The standard InChI is InChI=1S/C23H25ClN4O4S/c1-3-4-5-8-13-27-22(30)17-9-6-7-10-19(17)26-23(27)33-15(2)21(29)25-20-14-16(28(31)32)11-12-18(20)24/h6-7,9-12,14-15H,3-5,8,13H2,1-2H3,(H,25,29). The van der Waals surface area contributed by atoms with Crippen molar-refractivity contribution in [3.63, 3.8) is 0 Å². The number of thioether (sulfide) groups is 1. The van der Waals surface area contributed by atoms with Gasteiger partial charge < -0.3 is 5.32 Å². The molecule has 1 amide bonds. The quantitative estimate of drug-likeness (QED) is 0.130. The molecule has 0 fully saturated rings. The molecular weight excluding hydrogens is 464 g/mol. The van der Waals surface area contributed by atoms with Crippen LogP contribution in [0.2, 0.25) is 5.02 Å². The third-order valence-corrected chi connectivity index (χ3v) is 6.55. The van der Waals surface area contributed by atoms with E-state index in [1.54, 1.807) is 29.7 Å². The summed E-state index contributed by atoms with van der Waals surface area (Å²) in [5.74, 6) is -0.401. The Balaban J connectivity index is 1.85. The summed E-state index contributed by atoms with van der Waals surface area (Å²) in [6.07, 6.45) is 4.01. The highest BCUT2D eigenvalue weighted by Crippen LogP contribution is 2.29. The van der Waals surface area contributed by atoms with Crippen molar-refractivity contribution in [2.75, 3.05) is 5.32 Å². The van der Waals surface area contributed by atoms with Gasteiger partial charge in [-0.1, -0.05) is 61.7 Å². The van der Waals surface area contributed by atoms with Gasteiger partial charge in [-0.3, -0.25) is 24.3 Å². The number of benzene rings is 2. The largest absolute Gasteiger partial charge is 0.324 e. The lowest BCUT2D eigenvalue weighted by Gasteiger charge is -2.17. The van der Waals surface area contributed by atoms with Gasteiger partial charge in [0.25, 0.3) is 11.2 Å². The Kier molecular flexibility index (Phi) is 8.46. The van der Waals surface area contributed by atoms with E-state index >= 15 is 0 Å². The van der Waals surface area contributed by atoms with Crippen LogP contribution >= 0.6 is 23.4 Å². The number of carbonyl (C=O) groups excluding carboxylic acids is 1. The summed E-state index contributed by atoms with van der Waals surface area (Å²) in [5, 5.41) is 14.2. The third-order valence-electron chi connectivity index (χ3n) is 5.13. The molecule has 10 heteroatoms. The Hall–Kier alpha value is -2.91. The number of nitrogens with zero attached hydrogens (tertiary/aromatic N) is 3. The minimum absolute atomic E-state index is 0.131. The van der Waals surface area contributed by atoms with E-state index in [9.17, 15) is 19.7 Å². The maximum Gasteiger partial charge on any atom is 0.271 e. The molecule has 8 nitrogen and oxygen atoms in total. The highest BCUT2D eigenvalue weighted by atomic mass is 35.5. The number of aromatic nitrogens is 2. The molecule has 0 spiro atoms. The number of rotatable bonds is 10. The zero-order valence-corrected chi connectivity index (χ0v) is 20.0. The van der Waals surface area contributed by atoms with Crippen molar-refractivity contribution in [1.29, 1.82) is 0 Å². The normalized spacial score (nSPS) is 12.0. The van der Waals surface area contributed by atoms with Crippen molar-refractivity contribution in [2.24, 2.45) is 0 Å². The first-order valence-electron chi connectivity index (χ1n) is 10.7. The summed E-state index contributed by atoms with van der Waals surface area (Å²) in [5.41, 5.74) is 0.428. The fraction of sp³-hybridized carbons (Fsp3) is 0.348. The van der Waals surface area contributed by atoms with Gasteiger partial charge in [0.1, 0.15) is 0 Å². The van der Waals surface area contributed by atoms with Gasteiger partial charge in [0.15, 0.2) is 5.16 Å². The van der Waals surface area contributed by atoms with Gasteiger partial charge in [-0.25, -0.2) is 4.98 Å². The van der Waals surface area contributed by atoms with Gasteiger partial charge in [-0.2, -0.15) is 0 Å². The maximum atomic E-state index is 13.1. The van der Waals surface area contributed by atoms with Gasteiger partial charge in [0.05, 0.1) is 31.8 Å². The monoisotopic (exact) mass is 488 g/mol. The van der Waals surface area contributed by atoms with Crippen molar-refractivity contribution in [2.45, 2.75) is 56.5 Å². The number of amides is 1. The predicted molar refractivity (Wildman–Crippen MR) is 132 cm³/mol. The Labute approximate surface area is 200 Å². The number of hydrogen-bond acceptors (Lipinski definition) is 6. The number of halogens is 1. The van der Waals surface area contributed by atoms with Crippen molar-refractivity contribution < 1.29 is 9.72 Å². The molecule has 1 aromatic heterocycles. The molecule has 0 aliphatic carbocycles. The van der Waals surface area contributed by atoms with Crippen LogP contribution in [0.5, 0.6) is 0 Å². The zero-order valence-electron chi connectivity index (χ0n) is 18.4. The molecule has 2 aromatic carbocycles. The molecule has 1 unspecified atom stereocenters. The molecule has 1 atom stereocenters. The highest BCUT2D eigenvalue weighted by Gasteiger charge is 2.21. The third kappa shape index (κ3) is 6.11. The molecule has 0 bridgehead atoms. The number of nitro groups is 1. The molecule has 0 saturated carbocycles. The van der Waals surface area contributed by atoms with E-state index < -0.39 is 16.1 Å². The smallest absolute Gasteiger partial charge is 0.271 e. The molecule has 3 aromatic rings. The van der Waals surface area contributed by atoms with Crippen molar-refractivity contribution >= 4 is 51.5 Å². The second kappa shape index (κ2) is 11.3. The van der Waals surface area contributed by atoms with Crippen LogP contribution in [0.3, 0.4) is 0 Å². The number of unbranched alkanes of at least 4 members (excludes halogenated alkanes) is 3. The van der Waals surface area contributed by atoms with Gasteiger partial charge in [0, 0.05) is 18.7 Å². The molecule has 174 valence electrons. The van der Waals surface area contributed by atoms with Crippen LogP contribution in [0, 0.1) is 10.1 Å². The van der Waals surface area contributed by atoms with Crippen LogP contribution in [0.25, 0.3) is 10.9 Å². The Morgan fingerprint density at radius 3 is 2.73 bits per heavy atom. The lowest BCUT2D eigenvalue weighted by atomic mass is 10.2. The Morgan fingerprint density at radius 1 is 1.24 bits per heavy atom. The Bertz CT molecular complexity index is 1230. The van der Waals surface area contributed by atoms with Crippen molar-refractivity contribution in [1.82, 2.24) is 9.55 Å². The summed E-state index contributed by atoms with van der Waals surface area (Å²) < 4.78 is 1.63. The van der Waals surface area contributed by atoms with Crippen molar-refractivity contribution in [3.05, 3.63) is 68.0 Å². The average Bonchev–Trinajstić information content (AvgIpc) is 2.79. The molecule has 0 aliphatic heterocycles. The first-order chi connectivity index (χ1) is 15.8. The molecule has 0 saturated heterocycles. The Morgan fingerprint density at radius 2 is 2.00 bits per heavy atom. The fourth-order valence-corrected chi connectivity index (χ4v) is 4.40. The molecule has 1 heterocycles. The first-order valence-corrected chi connectivity index (χ1v) is 12.0. The maximum absolute atomic E-state index is 13.1. The number of nitrogens with one attached hydrogen (secondary N) is 1. The van der Waals surface area contributed by atoms with E-state index in [0.29, 0.717) is 22.6 Å². The van der Waals surface area contributed by atoms with E-state index in [0.717, 1.165) is 25.7 Å². The van der Waals surface area contributed by atoms with Gasteiger partial charge in [-0.15, -0.1) is 0 Å². The molecule has 0 aliphatic rings. The second-order valence-corrected chi connectivity index (χ2v) is 9.31. The zero-order chi connectivity index (χ0) is 24.0. The number of nitro benzene ring substituents is 1. The van der Waals surface area contributed by atoms with E-state index in [1.165, 1.54) is 30.0 Å². The van der Waals surface area contributed by atoms with Crippen LogP contribution in [0.1, 0.15) is 39.5 Å². The van der Waals surface area contributed by atoms with Crippen LogP contribution in [-0.4, -0.2) is 25.6 Å². The minimum atomic E-state index is -0.629. The average molecular weight is 489 g/mol.